The van der Waals surface area contributed by atoms with Crippen molar-refractivity contribution < 1.29 is 0 Å². The highest BCUT2D eigenvalue weighted by atomic mass is 35.5. The molecule has 0 radical (unpaired) electrons. The first-order valence-electron chi connectivity index (χ1n) is 2.98. The third-order valence-corrected chi connectivity index (χ3v) is 1.80. The second-order valence-corrected chi connectivity index (χ2v) is 3.08. The molecule has 0 spiro atoms. The summed E-state index contributed by atoms with van der Waals surface area (Å²) in [6.45, 7) is 1.78. The highest BCUT2D eigenvalue weighted by molar-refractivity contribution is 6.24. The quantitative estimate of drug-likeness (QED) is 0.418. The van der Waals surface area contributed by atoms with E-state index in [0.717, 1.165) is 0 Å². The van der Waals surface area contributed by atoms with Crippen LogP contribution in [0.1, 0.15) is 6.92 Å². The number of nitrogens with two attached hydrogens (primary N) is 1. The predicted molar refractivity (Wildman–Crippen MR) is 42.8 cm³/mol. The lowest BCUT2D eigenvalue weighted by molar-refractivity contribution is 0.311. The molecule has 0 aliphatic carbocycles. The molecule has 1 unspecified atom stereocenters. The molecule has 1 heterocycles. The zero-order valence-electron chi connectivity index (χ0n) is 6.00. The van der Waals surface area contributed by atoms with Gasteiger partial charge in [0.15, 0.2) is 0 Å². The monoisotopic (exact) mass is 159 g/mol. The zero-order chi connectivity index (χ0) is 7.78. The molecule has 0 fully saturated rings. The molecule has 0 aromatic rings. The number of hydrogen-bond donors (Lipinski definition) is 1. The van der Waals surface area contributed by atoms with Crippen molar-refractivity contribution in [2.45, 2.75) is 12.0 Å². The van der Waals surface area contributed by atoms with Crippen molar-refractivity contribution in [1.82, 2.24) is 4.90 Å². The maximum Gasteiger partial charge on any atom is 0.207 e. The lowest BCUT2D eigenvalue weighted by Crippen LogP contribution is -2.37. The van der Waals surface area contributed by atoms with Crippen molar-refractivity contribution in [2.24, 2.45) is 10.7 Å². The van der Waals surface area contributed by atoms with Crippen molar-refractivity contribution in [2.75, 3.05) is 7.05 Å². The Kier molecular flexibility index (Phi) is 1.60. The number of hydrogen-bond acceptors (Lipinski definition) is 3. The molecule has 2 N–H and O–H groups in total. The maximum atomic E-state index is 5.92. The van der Waals surface area contributed by atoms with E-state index in [1.54, 1.807) is 24.1 Å². The van der Waals surface area contributed by atoms with E-state index in [9.17, 15) is 0 Å². The van der Waals surface area contributed by atoms with Gasteiger partial charge in [0, 0.05) is 13.2 Å². The van der Waals surface area contributed by atoms with Gasteiger partial charge in [-0.25, -0.2) is 4.99 Å². The molecule has 4 heteroatoms. The third-order valence-electron chi connectivity index (χ3n) is 1.45. The van der Waals surface area contributed by atoms with Crippen LogP contribution in [0.25, 0.3) is 0 Å². The van der Waals surface area contributed by atoms with Crippen molar-refractivity contribution >= 4 is 17.4 Å². The summed E-state index contributed by atoms with van der Waals surface area (Å²) < 4.78 is 0. The topological polar surface area (TPSA) is 41.6 Å². The minimum absolute atomic E-state index is 0.468. The van der Waals surface area contributed by atoms with Crippen LogP contribution in [0.5, 0.6) is 0 Å². The molecule has 3 nitrogen and oxygen atoms in total. The number of halogens is 1. The molecule has 0 amide bonds. The Morgan fingerprint density at radius 2 is 2.40 bits per heavy atom. The smallest absolute Gasteiger partial charge is 0.207 e. The Hall–Kier alpha value is -0.700. The fraction of sp³-hybridized carbons (Fsp3) is 0.500. The Morgan fingerprint density at radius 3 is 2.80 bits per heavy atom. The van der Waals surface area contributed by atoms with Gasteiger partial charge in [-0.3, -0.25) is 0 Å². The van der Waals surface area contributed by atoms with E-state index >= 15 is 0 Å². The summed E-state index contributed by atoms with van der Waals surface area (Å²) in [6.07, 6.45) is 3.51. The normalized spacial score (nSPS) is 32.3. The van der Waals surface area contributed by atoms with E-state index in [2.05, 4.69) is 4.99 Å². The van der Waals surface area contributed by atoms with Crippen LogP contribution in [0.4, 0.5) is 0 Å². The Morgan fingerprint density at radius 1 is 1.80 bits per heavy atom. The lowest BCUT2D eigenvalue weighted by atomic mass is 10.4. The van der Waals surface area contributed by atoms with Gasteiger partial charge >= 0.3 is 0 Å². The summed E-state index contributed by atoms with van der Waals surface area (Å²) in [5.41, 5.74) is 5.42. The molecular weight excluding hydrogens is 150 g/mol. The van der Waals surface area contributed by atoms with E-state index in [-0.39, 0.29) is 0 Å². The van der Waals surface area contributed by atoms with Gasteiger partial charge in [0.1, 0.15) is 5.84 Å². The molecule has 1 aliphatic rings. The third kappa shape index (κ3) is 1.24. The van der Waals surface area contributed by atoms with Gasteiger partial charge in [-0.2, -0.15) is 0 Å². The van der Waals surface area contributed by atoms with E-state index < -0.39 is 5.12 Å². The second-order valence-electron chi connectivity index (χ2n) is 2.37. The molecule has 0 saturated heterocycles. The van der Waals surface area contributed by atoms with E-state index in [4.69, 9.17) is 17.3 Å². The highest BCUT2D eigenvalue weighted by Gasteiger charge is 2.25. The molecule has 1 rings (SSSR count). The van der Waals surface area contributed by atoms with Crippen LogP contribution in [-0.2, 0) is 0 Å². The van der Waals surface area contributed by atoms with Gasteiger partial charge in [-0.1, -0.05) is 11.6 Å². The van der Waals surface area contributed by atoms with Crippen LogP contribution < -0.4 is 5.73 Å². The maximum absolute atomic E-state index is 5.92. The number of aliphatic imine (C=N–C) groups is 1. The van der Waals surface area contributed by atoms with E-state index in [1.165, 1.54) is 0 Å². The molecule has 1 atom stereocenters. The van der Waals surface area contributed by atoms with Gasteiger partial charge in [-0.15, -0.1) is 0 Å². The van der Waals surface area contributed by atoms with Crippen LogP contribution in [0.2, 0.25) is 0 Å². The van der Waals surface area contributed by atoms with Gasteiger partial charge in [-0.05, 0) is 13.0 Å². The van der Waals surface area contributed by atoms with Gasteiger partial charge in [0.25, 0.3) is 0 Å². The van der Waals surface area contributed by atoms with Crippen molar-refractivity contribution in [3.05, 3.63) is 12.3 Å². The van der Waals surface area contributed by atoms with E-state index in [1.807, 2.05) is 7.05 Å². The summed E-state index contributed by atoms with van der Waals surface area (Å²) in [5.74, 6) is 0.468. The molecule has 0 saturated carbocycles. The van der Waals surface area contributed by atoms with Crippen LogP contribution in [0, 0.1) is 0 Å². The number of rotatable bonds is 0. The standard InChI is InChI=1S/C6H10ClN3/c1-6(7)9-5(8)3-4-10(6)2/h3-4H,1-2H3,(H2,8,9). The van der Waals surface area contributed by atoms with Gasteiger partial charge < -0.3 is 10.6 Å². The Balaban J connectivity index is 2.88. The van der Waals surface area contributed by atoms with Crippen molar-refractivity contribution in [3.63, 3.8) is 0 Å². The summed E-state index contributed by atoms with van der Waals surface area (Å²) >= 11 is 5.92. The molecule has 0 aromatic carbocycles. The number of amidine groups is 1. The molecule has 56 valence electrons. The second kappa shape index (κ2) is 2.16. The molecule has 1 aliphatic heterocycles. The number of alkyl halides is 1. The van der Waals surface area contributed by atoms with Gasteiger partial charge in [0.05, 0.1) is 0 Å². The number of nitrogens with zero attached hydrogens (tertiary/aromatic N) is 2. The lowest BCUT2D eigenvalue weighted by Gasteiger charge is -2.30. The van der Waals surface area contributed by atoms with Crippen molar-refractivity contribution in [3.8, 4) is 0 Å². The summed E-state index contributed by atoms with van der Waals surface area (Å²) in [7, 11) is 1.85. The Labute approximate surface area is 65.2 Å². The first-order valence-corrected chi connectivity index (χ1v) is 3.35. The van der Waals surface area contributed by atoms with Crippen LogP contribution in [0.15, 0.2) is 17.3 Å². The highest BCUT2D eigenvalue weighted by Crippen LogP contribution is 2.22. The molecule has 10 heavy (non-hydrogen) atoms. The summed E-state index contributed by atoms with van der Waals surface area (Å²) in [5, 5.41) is -0.709. The van der Waals surface area contributed by atoms with Gasteiger partial charge in [0.2, 0.25) is 5.12 Å². The molecule has 0 bridgehead atoms. The summed E-state index contributed by atoms with van der Waals surface area (Å²) in [6, 6.07) is 0. The van der Waals surface area contributed by atoms with Crippen LogP contribution >= 0.6 is 11.6 Å². The first-order chi connectivity index (χ1) is 4.52. The Bertz CT molecular complexity index is 195. The zero-order valence-corrected chi connectivity index (χ0v) is 6.76. The minimum atomic E-state index is -0.709. The molecular formula is C6H10ClN3. The fourth-order valence-corrected chi connectivity index (χ4v) is 0.830. The van der Waals surface area contributed by atoms with E-state index in [0.29, 0.717) is 5.84 Å². The SMILES string of the molecule is CN1C=CC(N)=NC1(C)Cl. The fourth-order valence-electron chi connectivity index (χ4n) is 0.676. The predicted octanol–water partition coefficient (Wildman–Crippen LogP) is 0.715. The average Bonchev–Trinajstić information content (AvgIpc) is 1.78. The summed E-state index contributed by atoms with van der Waals surface area (Å²) in [4.78, 5) is 5.78. The molecule has 0 aromatic heterocycles. The minimum Gasteiger partial charge on any atom is -0.384 e. The average molecular weight is 160 g/mol. The first kappa shape index (κ1) is 7.41. The van der Waals surface area contributed by atoms with Crippen LogP contribution in [-0.4, -0.2) is 22.9 Å². The van der Waals surface area contributed by atoms with Crippen LogP contribution in [0.3, 0.4) is 0 Å². The van der Waals surface area contributed by atoms with Crippen molar-refractivity contribution in [1.29, 1.82) is 0 Å². The largest absolute Gasteiger partial charge is 0.384 e.